The van der Waals surface area contributed by atoms with E-state index in [1.807, 2.05) is 28.0 Å². The van der Waals surface area contributed by atoms with Gasteiger partial charge in [0.15, 0.2) is 0 Å². The van der Waals surface area contributed by atoms with Crippen molar-refractivity contribution in [2.24, 2.45) is 5.92 Å². The van der Waals surface area contributed by atoms with Crippen molar-refractivity contribution in [3.63, 3.8) is 0 Å². The second kappa shape index (κ2) is 9.25. The Bertz CT molecular complexity index is 809. The summed E-state index contributed by atoms with van der Waals surface area (Å²) in [5.41, 5.74) is 0.892. The number of ether oxygens (including phenoxy) is 1. The standard InChI is InChI=1S/C22H28ClN3O4/c23-18-5-1-3-16(13-18)14-20(27)25-8-2-4-17(15-25)21(28)24-9-6-19(7-10-24)26-11-12-30-22(26)29/h1,3,5,13,17,19H,2,4,6-12,14-15H2. The number of nitrogens with zero attached hydrogens (tertiary/aromatic N) is 3. The van der Waals surface area contributed by atoms with Gasteiger partial charge in [0, 0.05) is 37.2 Å². The van der Waals surface area contributed by atoms with Gasteiger partial charge >= 0.3 is 6.09 Å². The Hall–Kier alpha value is -2.28. The molecule has 1 atom stereocenters. The smallest absolute Gasteiger partial charge is 0.410 e. The molecular formula is C22H28ClN3O4. The number of halogens is 1. The van der Waals surface area contributed by atoms with Gasteiger partial charge in [0.25, 0.3) is 0 Å². The molecule has 1 unspecified atom stereocenters. The van der Waals surface area contributed by atoms with Crippen LogP contribution in [0.1, 0.15) is 31.2 Å². The zero-order chi connectivity index (χ0) is 21.1. The molecule has 3 saturated heterocycles. The van der Waals surface area contributed by atoms with Gasteiger partial charge < -0.3 is 19.4 Å². The Labute approximate surface area is 181 Å². The van der Waals surface area contributed by atoms with Gasteiger partial charge in [0.2, 0.25) is 11.8 Å². The van der Waals surface area contributed by atoms with Crippen LogP contribution in [-0.2, 0) is 20.7 Å². The number of likely N-dealkylation sites (tertiary alicyclic amines) is 2. The number of carbonyl (C=O) groups is 3. The fourth-order valence-corrected chi connectivity index (χ4v) is 4.94. The Morgan fingerprint density at radius 2 is 1.87 bits per heavy atom. The van der Waals surface area contributed by atoms with E-state index in [1.165, 1.54) is 0 Å². The third kappa shape index (κ3) is 4.72. The number of piperidine rings is 2. The highest BCUT2D eigenvalue weighted by atomic mass is 35.5. The Kier molecular flexibility index (Phi) is 6.46. The number of hydrogen-bond donors (Lipinski definition) is 0. The lowest BCUT2D eigenvalue weighted by Gasteiger charge is -2.39. The van der Waals surface area contributed by atoms with E-state index in [0.717, 1.165) is 31.2 Å². The molecule has 8 heteroatoms. The minimum atomic E-state index is -0.235. The van der Waals surface area contributed by atoms with Gasteiger partial charge in [0.1, 0.15) is 6.61 Å². The van der Waals surface area contributed by atoms with Crippen LogP contribution in [0.3, 0.4) is 0 Å². The SMILES string of the molecule is O=C(Cc1cccc(Cl)c1)N1CCCC(C(=O)N2CCC(N3CCOC3=O)CC2)C1. The largest absolute Gasteiger partial charge is 0.448 e. The van der Waals surface area contributed by atoms with Crippen molar-refractivity contribution in [2.45, 2.75) is 38.1 Å². The van der Waals surface area contributed by atoms with Crippen molar-refractivity contribution in [1.82, 2.24) is 14.7 Å². The lowest BCUT2D eigenvalue weighted by atomic mass is 9.94. The first-order valence-corrected chi connectivity index (χ1v) is 11.1. The first kappa shape index (κ1) is 21.0. The fourth-order valence-electron chi connectivity index (χ4n) is 4.73. The fraction of sp³-hybridized carbons (Fsp3) is 0.591. The van der Waals surface area contributed by atoms with Gasteiger partial charge in [0.05, 0.1) is 18.9 Å². The highest BCUT2D eigenvalue weighted by Crippen LogP contribution is 2.25. The molecule has 0 bridgehead atoms. The molecule has 3 amide bonds. The number of cyclic esters (lactones) is 1. The molecule has 0 N–H and O–H groups in total. The van der Waals surface area contributed by atoms with Gasteiger partial charge in [-0.2, -0.15) is 0 Å². The zero-order valence-corrected chi connectivity index (χ0v) is 17.9. The summed E-state index contributed by atoms with van der Waals surface area (Å²) < 4.78 is 5.03. The van der Waals surface area contributed by atoms with Crippen LogP contribution in [0.2, 0.25) is 5.02 Å². The molecule has 30 heavy (non-hydrogen) atoms. The van der Waals surface area contributed by atoms with Crippen LogP contribution >= 0.6 is 11.6 Å². The summed E-state index contributed by atoms with van der Waals surface area (Å²) in [5, 5.41) is 0.623. The molecule has 0 aromatic heterocycles. The number of amides is 3. The molecule has 3 heterocycles. The molecule has 162 valence electrons. The lowest BCUT2D eigenvalue weighted by molar-refractivity contribution is -0.141. The molecule has 3 aliphatic rings. The van der Waals surface area contributed by atoms with Crippen molar-refractivity contribution in [3.8, 4) is 0 Å². The maximum atomic E-state index is 13.1. The minimum Gasteiger partial charge on any atom is -0.448 e. The molecule has 0 saturated carbocycles. The third-order valence-corrected chi connectivity index (χ3v) is 6.61. The number of rotatable bonds is 4. The lowest BCUT2D eigenvalue weighted by Crippen LogP contribution is -2.51. The van der Waals surface area contributed by atoms with E-state index in [9.17, 15) is 14.4 Å². The summed E-state index contributed by atoms with van der Waals surface area (Å²) in [7, 11) is 0. The molecule has 0 spiro atoms. The molecule has 3 aliphatic heterocycles. The van der Waals surface area contributed by atoms with Crippen LogP contribution in [0, 0.1) is 5.92 Å². The van der Waals surface area contributed by atoms with Gasteiger partial charge in [-0.3, -0.25) is 9.59 Å². The van der Waals surface area contributed by atoms with E-state index >= 15 is 0 Å². The van der Waals surface area contributed by atoms with Crippen LogP contribution in [0.5, 0.6) is 0 Å². The molecule has 1 aromatic rings. The predicted molar refractivity (Wildman–Crippen MR) is 112 cm³/mol. The highest BCUT2D eigenvalue weighted by Gasteiger charge is 2.36. The van der Waals surface area contributed by atoms with Crippen molar-refractivity contribution in [2.75, 3.05) is 39.3 Å². The van der Waals surface area contributed by atoms with Gasteiger partial charge in [-0.1, -0.05) is 23.7 Å². The predicted octanol–water partition coefficient (Wildman–Crippen LogP) is 2.56. The topological polar surface area (TPSA) is 70.2 Å². The Balaban J connectivity index is 1.29. The number of carbonyl (C=O) groups excluding carboxylic acids is 3. The van der Waals surface area contributed by atoms with Crippen LogP contribution < -0.4 is 0 Å². The normalized spacial score (nSPS) is 22.9. The maximum absolute atomic E-state index is 13.1. The van der Waals surface area contributed by atoms with E-state index < -0.39 is 0 Å². The maximum Gasteiger partial charge on any atom is 0.410 e. The summed E-state index contributed by atoms with van der Waals surface area (Å²) >= 11 is 6.02. The Morgan fingerprint density at radius 1 is 1.07 bits per heavy atom. The molecular weight excluding hydrogens is 406 g/mol. The molecule has 3 fully saturated rings. The molecule has 0 aliphatic carbocycles. The van der Waals surface area contributed by atoms with Crippen LogP contribution in [0.4, 0.5) is 4.79 Å². The van der Waals surface area contributed by atoms with Crippen molar-refractivity contribution < 1.29 is 19.1 Å². The van der Waals surface area contributed by atoms with E-state index in [-0.39, 0.29) is 29.9 Å². The summed E-state index contributed by atoms with van der Waals surface area (Å²) in [6.45, 7) is 3.59. The van der Waals surface area contributed by atoms with E-state index in [2.05, 4.69) is 0 Å². The molecule has 7 nitrogen and oxygen atoms in total. The monoisotopic (exact) mass is 433 g/mol. The van der Waals surface area contributed by atoms with Crippen molar-refractivity contribution >= 4 is 29.5 Å². The second-order valence-electron chi connectivity index (χ2n) is 8.35. The van der Waals surface area contributed by atoms with E-state index in [0.29, 0.717) is 50.8 Å². The van der Waals surface area contributed by atoms with E-state index in [1.54, 1.807) is 11.0 Å². The van der Waals surface area contributed by atoms with Crippen LogP contribution in [0.25, 0.3) is 0 Å². The Morgan fingerprint density at radius 3 is 2.57 bits per heavy atom. The summed E-state index contributed by atoms with van der Waals surface area (Å²) in [6.07, 6.45) is 3.29. The first-order chi connectivity index (χ1) is 14.5. The summed E-state index contributed by atoms with van der Waals surface area (Å²) in [5.74, 6) is 0.0362. The molecule has 0 radical (unpaired) electrons. The molecule has 1 aromatic carbocycles. The summed E-state index contributed by atoms with van der Waals surface area (Å²) in [4.78, 5) is 43.1. The summed E-state index contributed by atoms with van der Waals surface area (Å²) in [6, 6.07) is 7.51. The minimum absolute atomic E-state index is 0.0426. The first-order valence-electron chi connectivity index (χ1n) is 10.8. The van der Waals surface area contributed by atoms with E-state index in [4.69, 9.17) is 16.3 Å². The third-order valence-electron chi connectivity index (χ3n) is 6.38. The quantitative estimate of drug-likeness (QED) is 0.731. The average molecular weight is 434 g/mol. The highest BCUT2D eigenvalue weighted by molar-refractivity contribution is 6.30. The van der Waals surface area contributed by atoms with Gasteiger partial charge in [-0.15, -0.1) is 0 Å². The van der Waals surface area contributed by atoms with Crippen LogP contribution in [0.15, 0.2) is 24.3 Å². The molecule has 4 rings (SSSR count). The number of benzene rings is 1. The van der Waals surface area contributed by atoms with Crippen molar-refractivity contribution in [3.05, 3.63) is 34.9 Å². The average Bonchev–Trinajstić information content (AvgIpc) is 3.19. The second-order valence-corrected chi connectivity index (χ2v) is 8.79. The van der Waals surface area contributed by atoms with Gasteiger partial charge in [-0.05, 0) is 43.4 Å². The van der Waals surface area contributed by atoms with Crippen molar-refractivity contribution in [1.29, 1.82) is 0 Å². The van der Waals surface area contributed by atoms with Gasteiger partial charge in [-0.25, -0.2) is 4.79 Å². The number of hydrogen-bond acceptors (Lipinski definition) is 4. The zero-order valence-electron chi connectivity index (χ0n) is 17.1. The van der Waals surface area contributed by atoms with Crippen LogP contribution in [-0.4, -0.2) is 78.0 Å².